The standard InChI is InChI=1S/C12H16N2O3/c15-10-3-1-2-9(8-10)14-11(16)12(17)4-6-13-7-5-12/h1-3,8,13,15,17H,4-7H2,(H,14,16). The van der Waals surface area contributed by atoms with Crippen molar-refractivity contribution < 1.29 is 15.0 Å². The number of aliphatic hydroxyl groups is 1. The van der Waals surface area contributed by atoms with E-state index in [9.17, 15) is 15.0 Å². The molecule has 0 spiro atoms. The Balaban J connectivity index is 2.05. The topological polar surface area (TPSA) is 81.6 Å². The smallest absolute Gasteiger partial charge is 0.256 e. The van der Waals surface area contributed by atoms with E-state index in [1.807, 2.05) is 0 Å². The first-order chi connectivity index (χ1) is 8.10. The molecule has 1 aromatic rings. The van der Waals surface area contributed by atoms with Gasteiger partial charge in [0.15, 0.2) is 0 Å². The van der Waals surface area contributed by atoms with Gasteiger partial charge < -0.3 is 20.8 Å². The van der Waals surface area contributed by atoms with Gasteiger partial charge in [0.05, 0.1) is 0 Å². The monoisotopic (exact) mass is 236 g/mol. The van der Waals surface area contributed by atoms with Gasteiger partial charge in [-0.1, -0.05) is 6.07 Å². The van der Waals surface area contributed by atoms with Crippen molar-refractivity contribution in [2.75, 3.05) is 18.4 Å². The van der Waals surface area contributed by atoms with E-state index in [2.05, 4.69) is 10.6 Å². The zero-order valence-corrected chi connectivity index (χ0v) is 9.44. The number of hydrogen-bond acceptors (Lipinski definition) is 4. The molecule has 1 aromatic carbocycles. The molecule has 0 unspecified atom stereocenters. The van der Waals surface area contributed by atoms with Crippen LogP contribution in [0.4, 0.5) is 5.69 Å². The molecule has 1 aliphatic rings. The van der Waals surface area contributed by atoms with Gasteiger partial charge in [-0.2, -0.15) is 0 Å². The molecule has 0 bridgehead atoms. The summed E-state index contributed by atoms with van der Waals surface area (Å²) in [6, 6.07) is 6.27. The summed E-state index contributed by atoms with van der Waals surface area (Å²) in [5.74, 6) is -0.329. The van der Waals surface area contributed by atoms with Crippen LogP contribution in [0.5, 0.6) is 5.75 Å². The van der Waals surface area contributed by atoms with E-state index >= 15 is 0 Å². The minimum atomic E-state index is -1.31. The fraction of sp³-hybridized carbons (Fsp3) is 0.417. The van der Waals surface area contributed by atoms with Gasteiger partial charge in [0.25, 0.3) is 5.91 Å². The first-order valence-corrected chi connectivity index (χ1v) is 5.64. The molecule has 0 radical (unpaired) electrons. The van der Waals surface area contributed by atoms with Crippen molar-refractivity contribution in [3.05, 3.63) is 24.3 Å². The van der Waals surface area contributed by atoms with Crippen molar-refractivity contribution in [1.82, 2.24) is 5.32 Å². The van der Waals surface area contributed by atoms with Crippen molar-refractivity contribution in [1.29, 1.82) is 0 Å². The number of piperidine rings is 1. The van der Waals surface area contributed by atoms with E-state index in [-0.39, 0.29) is 5.75 Å². The van der Waals surface area contributed by atoms with Gasteiger partial charge in [0, 0.05) is 11.8 Å². The van der Waals surface area contributed by atoms with E-state index in [4.69, 9.17) is 0 Å². The average molecular weight is 236 g/mol. The zero-order chi connectivity index (χ0) is 12.3. The van der Waals surface area contributed by atoms with Crippen LogP contribution in [-0.4, -0.2) is 34.8 Å². The maximum absolute atomic E-state index is 11.9. The minimum Gasteiger partial charge on any atom is -0.508 e. The predicted octanol–water partition coefficient (Wildman–Crippen LogP) is 0.445. The lowest BCUT2D eigenvalue weighted by molar-refractivity contribution is -0.136. The number of carbonyl (C=O) groups is 1. The lowest BCUT2D eigenvalue weighted by atomic mass is 9.91. The van der Waals surface area contributed by atoms with Crippen LogP contribution < -0.4 is 10.6 Å². The Kier molecular flexibility index (Phi) is 3.31. The minimum absolute atomic E-state index is 0.0834. The maximum Gasteiger partial charge on any atom is 0.256 e. The summed E-state index contributed by atoms with van der Waals surface area (Å²) in [5, 5.41) is 25.1. The van der Waals surface area contributed by atoms with E-state index in [1.54, 1.807) is 12.1 Å². The van der Waals surface area contributed by atoms with Gasteiger partial charge in [-0.05, 0) is 38.1 Å². The van der Waals surface area contributed by atoms with Crippen LogP contribution >= 0.6 is 0 Å². The molecular weight excluding hydrogens is 220 g/mol. The van der Waals surface area contributed by atoms with Crippen molar-refractivity contribution in [3.8, 4) is 5.75 Å². The van der Waals surface area contributed by atoms with Crippen LogP contribution in [0.25, 0.3) is 0 Å². The second-order valence-corrected chi connectivity index (χ2v) is 4.29. The number of carbonyl (C=O) groups excluding carboxylic acids is 1. The number of phenolic OH excluding ortho intramolecular Hbond substituents is 1. The van der Waals surface area contributed by atoms with Gasteiger partial charge >= 0.3 is 0 Å². The Bertz CT molecular complexity index is 414. The predicted molar refractivity (Wildman–Crippen MR) is 63.8 cm³/mol. The number of rotatable bonds is 2. The van der Waals surface area contributed by atoms with Gasteiger partial charge in [-0.25, -0.2) is 0 Å². The molecule has 92 valence electrons. The molecule has 0 atom stereocenters. The lowest BCUT2D eigenvalue weighted by Crippen LogP contribution is -2.50. The third-order valence-electron chi connectivity index (χ3n) is 2.96. The normalized spacial score (nSPS) is 18.6. The Morgan fingerprint density at radius 1 is 1.35 bits per heavy atom. The number of hydrogen-bond donors (Lipinski definition) is 4. The second-order valence-electron chi connectivity index (χ2n) is 4.29. The first kappa shape index (κ1) is 11.9. The summed E-state index contributed by atoms with van der Waals surface area (Å²) in [6.07, 6.45) is 0.801. The molecule has 17 heavy (non-hydrogen) atoms. The molecule has 1 heterocycles. The second kappa shape index (κ2) is 4.73. The Morgan fingerprint density at radius 2 is 2.06 bits per heavy atom. The number of benzene rings is 1. The highest BCUT2D eigenvalue weighted by molar-refractivity contribution is 5.97. The van der Waals surface area contributed by atoms with Gasteiger partial charge in [0.1, 0.15) is 11.4 Å². The first-order valence-electron chi connectivity index (χ1n) is 5.64. The third kappa shape index (κ3) is 2.75. The quantitative estimate of drug-likeness (QED) is 0.601. The number of phenols is 1. The summed E-state index contributed by atoms with van der Waals surface area (Å²) in [4.78, 5) is 11.9. The Morgan fingerprint density at radius 3 is 2.71 bits per heavy atom. The van der Waals surface area contributed by atoms with E-state index in [0.717, 1.165) is 0 Å². The molecule has 5 heteroatoms. The number of nitrogens with one attached hydrogen (secondary N) is 2. The summed E-state index contributed by atoms with van der Waals surface area (Å²) in [5.41, 5.74) is -0.821. The molecular formula is C12H16N2O3. The van der Waals surface area contributed by atoms with Crippen LogP contribution in [-0.2, 0) is 4.79 Å². The number of aromatic hydroxyl groups is 1. The van der Waals surface area contributed by atoms with Crippen LogP contribution in [0.15, 0.2) is 24.3 Å². The fourth-order valence-electron chi connectivity index (χ4n) is 1.90. The zero-order valence-electron chi connectivity index (χ0n) is 9.44. The highest BCUT2D eigenvalue weighted by Gasteiger charge is 2.37. The van der Waals surface area contributed by atoms with Crippen molar-refractivity contribution in [2.45, 2.75) is 18.4 Å². The SMILES string of the molecule is O=C(Nc1cccc(O)c1)C1(O)CCNCC1. The average Bonchev–Trinajstić information content (AvgIpc) is 2.30. The number of anilines is 1. The molecule has 1 fully saturated rings. The van der Waals surface area contributed by atoms with Gasteiger partial charge in [-0.3, -0.25) is 4.79 Å². The molecule has 4 N–H and O–H groups in total. The van der Waals surface area contributed by atoms with E-state index in [1.165, 1.54) is 12.1 Å². The van der Waals surface area contributed by atoms with E-state index < -0.39 is 11.5 Å². The Hall–Kier alpha value is -1.59. The van der Waals surface area contributed by atoms with Gasteiger partial charge in [-0.15, -0.1) is 0 Å². The van der Waals surface area contributed by atoms with Crippen LogP contribution in [0.1, 0.15) is 12.8 Å². The highest BCUT2D eigenvalue weighted by Crippen LogP contribution is 2.22. The molecule has 1 amide bonds. The third-order valence-corrected chi connectivity index (χ3v) is 2.96. The summed E-state index contributed by atoms with van der Waals surface area (Å²) < 4.78 is 0. The molecule has 1 saturated heterocycles. The summed E-state index contributed by atoms with van der Waals surface area (Å²) in [6.45, 7) is 1.26. The van der Waals surface area contributed by atoms with Crippen molar-refractivity contribution >= 4 is 11.6 Å². The Labute approximate surface area is 99.5 Å². The van der Waals surface area contributed by atoms with Crippen LogP contribution in [0.2, 0.25) is 0 Å². The van der Waals surface area contributed by atoms with Crippen molar-refractivity contribution in [3.63, 3.8) is 0 Å². The molecule has 5 nitrogen and oxygen atoms in total. The largest absolute Gasteiger partial charge is 0.508 e. The fourth-order valence-corrected chi connectivity index (χ4v) is 1.90. The molecule has 1 aliphatic heterocycles. The summed E-state index contributed by atoms with van der Waals surface area (Å²) >= 11 is 0. The van der Waals surface area contributed by atoms with E-state index in [0.29, 0.717) is 31.6 Å². The van der Waals surface area contributed by atoms with Gasteiger partial charge in [0.2, 0.25) is 0 Å². The van der Waals surface area contributed by atoms with Crippen molar-refractivity contribution in [2.24, 2.45) is 0 Å². The highest BCUT2D eigenvalue weighted by atomic mass is 16.3. The summed E-state index contributed by atoms with van der Waals surface area (Å²) in [7, 11) is 0. The molecule has 0 saturated carbocycles. The number of amides is 1. The molecule has 2 rings (SSSR count). The van der Waals surface area contributed by atoms with Crippen LogP contribution in [0, 0.1) is 0 Å². The maximum atomic E-state index is 11.9. The van der Waals surface area contributed by atoms with Crippen LogP contribution in [0.3, 0.4) is 0 Å². The molecule has 0 aliphatic carbocycles. The molecule has 0 aromatic heterocycles. The lowest BCUT2D eigenvalue weighted by Gasteiger charge is -2.31.